The first kappa shape index (κ1) is 9.00. The molecule has 0 unspecified atom stereocenters. The van der Waals surface area contributed by atoms with Crippen molar-refractivity contribution in [2.45, 2.75) is 12.8 Å². The van der Waals surface area contributed by atoms with Gasteiger partial charge in [0.1, 0.15) is 0 Å². The first-order valence-corrected chi connectivity index (χ1v) is 4.81. The van der Waals surface area contributed by atoms with Crippen molar-refractivity contribution in [2.24, 2.45) is 0 Å². The van der Waals surface area contributed by atoms with E-state index in [0.29, 0.717) is 6.42 Å². The van der Waals surface area contributed by atoms with Gasteiger partial charge in [-0.15, -0.1) is 0 Å². The highest BCUT2D eigenvalue weighted by molar-refractivity contribution is 5.88. The molecule has 1 aromatic carbocycles. The Balaban J connectivity index is 2.35. The molecule has 2 rings (SSSR count). The van der Waals surface area contributed by atoms with Gasteiger partial charge in [0.2, 0.25) is 5.91 Å². The monoisotopic (exact) mass is 187 g/mol. The van der Waals surface area contributed by atoms with Crippen LogP contribution in [0.2, 0.25) is 0 Å². The Kier molecular flexibility index (Phi) is 2.35. The Bertz CT molecular complexity index is 367. The quantitative estimate of drug-likeness (QED) is 0.660. The minimum Gasteiger partial charge on any atom is -0.315 e. The number of hydrogen-bond acceptors (Lipinski definition) is 1. The van der Waals surface area contributed by atoms with Crippen LogP contribution in [0.1, 0.15) is 18.4 Å². The van der Waals surface area contributed by atoms with Crippen LogP contribution < -0.4 is 0 Å². The lowest BCUT2D eigenvalue weighted by Gasteiger charge is -2.24. The number of carbonyl (C=O) groups excluding carboxylic acids is 1. The molecule has 0 fully saturated rings. The summed E-state index contributed by atoms with van der Waals surface area (Å²) >= 11 is 0. The third kappa shape index (κ3) is 1.55. The van der Waals surface area contributed by atoms with E-state index in [0.717, 1.165) is 17.7 Å². The van der Waals surface area contributed by atoms with E-state index in [9.17, 15) is 4.79 Å². The summed E-state index contributed by atoms with van der Waals surface area (Å²) in [6.07, 6.45) is 3.61. The van der Waals surface area contributed by atoms with E-state index in [4.69, 9.17) is 0 Å². The SMILES string of the molecule is CN1C(=O)CCC=C1c1ccccc1. The molecule has 0 atom stereocenters. The zero-order chi connectivity index (χ0) is 9.97. The van der Waals surface area contributed by atoms with Gasteiger partial charge in [0.05, 0.1) is 0 Å². The van der Waals surface area contributed by atoms with Crippen LogP contribution in [0.5, 0.6) is 0 Å². The molecule has 0 saturated carbocycles. The summed E-state index contributed by atoms with van der Waals surface area (Å²) in [5.74, 6) is 0.200. The van der Waals surface area contributed by atoms with Crippen molar-refractivity contribution in [3.8, 4) is 0 Å². The second-order valence-corrected chi connectivity index (χ2v) is 3.45. The third-order valence-electron chi connectivity index (χ3n) is 2.50. The van der Waals surface area contributed by atoms with Crippen LogP contribution in [0, 0.1) is 0 Å². The maximum atomic E-state index is 11.5. The minimum atomic E-state index is 0.200. The van der Waals surface area contributed by atoms with Gasteiger partial charge in [-0.3, -0.25) is 4.79 Å². The summed E-state index contributed by atoms with van der Waals surface area (Å²) in [7, 11) is 1.83. The van der Waals surface area contributed by atoms with Crippen LogP contribution >= 0.6 is 0 Å². The Hall–Kier alpha value is -1.57. The van der Waals surface area contributed by atoms with Crippen molar-refractivity contribution >= 4 is 11.6 Å². The zero-order valence-corrected chi connectivity index (χ0v) is 8.23. The molecule has 1 heterocycles. The number of rotatable bonds is 1. The number of nitrogens with zero attached hydrogens (tertiary/aromatic N) is 1. The normalized spacial score (nSPS) is 16.8. The van der Waals surface area contributed by atoms with Crippen LogP contribution in [-0.4, -0.2) is 17.9 Å². The molecular formula is C12H13NO. The van der Waals surface area contributed by atoms with Gasteiger partial charge < -0.3 is 4.90 Å². The highest BCUT2D eigenvalue weighted by Gasteiger charge is 2.17. The zero-order valence-electron chi connectivity index (χ0n) is 8.23. The molecule has 1 aliphatic rings. The van der Waals surface area contributed by atoms with Crippen LogP contribution in [0.4, 0.5) is 0 Å². The molecule has 0 spiro atoms. The van der Waals surface area contributed by atoms with Crippen molar-refractivity contribution in [2.75, 3.05) is 7.05 Å². The fraction of sp³-hybridized carbons (Fsp3) is 0.250. The average Bonchev–Trinajstić information content (AvgIpc) is 2.23. The van der Waals surface area contributed by atoms with Gasteiger partial charge in [-0.25, -0.2) is 0 Å². The largest absolute Gasteiger partial charge is 0.315 e. The van der Waals surface area contributed by atoms with Crippen molar-refractivity contribution in [3.63, 3.8) is 0 Å². The highest BCUT2D eigenvalue weighted by Crippen LogP contribution is 2.23. The number of benzene rings is 1. The second kappa shape index (κ2) is 3.66. The molecule has 0 radical (unpaired) electrons. The molecule has 1 aliphatic heterocycles. The van der Waals surface area contributed by atoms with E-state index in [1.54, 1.807) is 4.90 Å². The highest BCUT2D eigenvalue weighted by atomic mass is 16.2. The van der Waals surface area contributed by atoms with E-state index in [1.165, 1.54) is 0 Å². The fourth-order valence-corrected chi connectivity index (χ4v) is 1.69. The molecule has 0 N–H and O–H groups in total. The van der Waals surface area contributed by atoms with Crippen molar-refractivity contribution < 1.29 is 4.79 Å². The van der Waals surface area contributed by atoms with Crippen LogP contribution in [-0.2, 0) is 4.79 Å². The molecule has 1 amide bonds. The predicted octanol–water partition coefficient (Wildman–Crippen LogP) is 2.28. The van der Waals surface area contributed by atoms with Gasteiger partial charge in [-0.05, 0) is 12.0 Å². The van der Waals surface area contributed by atoms with E-state index in [-0.39, 0.29) is 5.91 Å². The number of allylic oxidation sites excluding steroid dienone is 1. The lowest BCUT2D eigenvalue weighted by molar-refractivity contribution is -0.127. The fourth-order valence-electron chi connectivity index (χ4n) is 1.69. The molecule has 0 aromatic heterocycles. The van der Waals surface area contributed by atoms with Crippen LogP contribution in [0.3, 0.4) is 0 Å². The first-order valence-electron chi connectivity index (χ1n) is 4.81. The van der Waals surface area contributed by atoms with Crippen molar-refractivity contribution in [1.82, 2.24) is 4.90 Å². The Labute approximate surface area is 83.8 Å². The van der Waals surface area contributed by atoms with Gasteiger partial charge in [0.15, 0.2) is 0 Å². The Morgan fingerprint density at radius 1 is 1.21 bits per heavy atom. The summed E-state index contributed by atoms with van der Waals surface area (Å²) in [6.45, 7) is 0. The maximum absolute atomic E-state index is 11.5. The first-order chi connectivity index (χ1) is 6.79. The topological polar surface area (TPSA) is 20.3 Å². The maximum Gasteiger partial charge on any atom is 0.227 e. The van der Waals surface area contributed by atoms with Gasteiger partial charge in [0.25, 0.3) is 0 Å². The second-order valence-electron chi connectivity index (χ2n) is 3.45. The molecule has 0 bridgehead atoms. The molecule has 1 aromatic rings. The van der Waals surface area contributed by atoms with E-state index in [1.807, 2.05) is 37.4 Å². The lowest BCUT2D eigenvalue weighted by atomic mass is 10.1. The molecule has 0 aliphatic carbocycles. The standard InChI is InChI=1S/C12H13NO/c1-13-11(8-5-9-12(13)14)10-6-3-2-4-7-10/h2-4,6-8H,5,9H2,1H3. The van der Waals surface area contributed by atoms with Gasteiger partial charge in [0, 0.05) is 19.2 Å². The van der Waals surface area contributed by atoms with Gasteiger partial charge in [-0.1, -0.05) is 36.4 Å². The number of hydrogen-bond donors (Lipinski definition) is 0. The van der Waals surface area contributed by atoms with Crippen molar-refractivity contribution in [1.29, 1.82) is 0 Å². The summed E-state index contributed by atoms with van der Waals surface area (Å²) in [4.78, 5) is 13.2. The Morgan fingerprint density at radius 3 is 2.64 bits per heavy atom. The minimum absolute atomic E-state index is 0.200. The van der Waals surface area contributed by atoms with Crippen LogP contribution in [0.25, 0.3) is 5.70 Å². The molecule has 14 heavy (non-hydrogen) atoms. The van der Waals surface area contributed by atoms with E-state index < -0.39 is 0 Å². The summed E-state index contributed by atoms with van der Waals surface area (Å²) in [5.41, 5.74) is 2.14. The number of carbonyl (C=O) groups is 1. The van der Waals surface area contributed by atoms with Crippen molar-refractivity contribution in [3.05, 3.63) is 42.0 Å². The van der Waals surface area contributed by atoms with Gasteiger partial charge >= 0.3 is 0 Å². The molecule has 2 heteroatoms. The van der Waals surface area contributed by atoms with E-state index in [2.05, 4.69) is 6.08 Å². The summed E-state index contributed by atoms with van der Waals surface area (Å²) in [5, 5.41) is 0. The predicted molar refractivity (Wildman–Crippen MR) is 56.4 cm³/mol. The molecule has 72 valence electrons. The Morgan fingerprint density at radius 2 is 1.93 bits per heavy atom. The van der Waals surface area contributed by atoms with Gasteiger partial charge in [-0.2, -0.15) is 0 Å². The summed E-state index contributed by atoms with van der Waals surface area (Å²) < 4.78 is 0. The van der Waals surface area contributed by atoms with E-state index >= 15 is 0 Å². The van der Waals surface area contributed by atoms with Crippen LogP contribution in [0.15, 0.2) is 36.4 Å². The molecule has 0 saturated heterocycles. The lowest BCUT2D eigenvalue weighted by Crippen LogP contribution is -2.27. The third-order valence-corrected chi connectivity index (χ3v) is 2.50. The summed E-state index contributed by atoms with van der Waals surface area (Å²) in [6, 6.07) is 10.0. The number of amides is 1. The molecular weight excluding hydrogens is 174 g/mol. The average molecular weight is 187 g/mol. The molecule has 2 nitrogen and oxygen atoms in total. The smallest absolute Gasteiger partial charge is 0.227 e.